The molecule has 0 saturated heterocycles. The van der Waals surface area contributed by atoms with E-state index in [9.17, 15) is 5.11 Å². The summed E-state index contributed by atoms with van der Waals surface area (Å²) in [5.41, 5.74) is 0. The van der Waals surface area contributed by atoms with Crippen LogP contribution in [0.25, 0.3) is 0 Å². The maximum atomic E-state index is 9.70. The second-order valence-corrected chi connectivity index (χ2v) is 4.73. The van der Waals surface area contributed by atoms with Crippen molar-refractivity contribution >= 4 is 5.97 Å². The number of carboxylic acids is 1. The normalized spacial score (nSPS) is 34.7. The third kappa shape index (κ3) is 4.20. The number of aliphatic hydroxyl groups is 1. The highest BCUT2D eigenvalue weighted by Gasteiger charge is 2.33. The molecule has 2 saturated carbocycles. The second-order valence-electron chi connectivity index (χ2n) is 4.73. The Kier molecular flexibility index (Phi) is 5.09. The van der Waals surface area contributed by atoms with Gasteiger partial charge in [0.25, 0.3) is 5.97 Å². The van der Waals surface area contributed by atoms with Crippen LogP contribution in [0.3, 0.4) is 0 Å². The van der Waals surface area contributed by atoms with E-state index in [0.29, 0.717) is 5.92 Å². The van der Waals surface area contributed by atoms with Crippen LogP contribution in [0.15, 0.2) is 0 Å². The molecular weight excluding hydrogens is 192 g/mol. The quantitative estimate of drug-likeness (QED) is 0.651. The van der Waals surface area contributed by atoms with Crippen LogP contribution in [0.5, 0.6) is 0 Å². The molecule has 3 heteroatoms. The molecule has 0 aromatic heterocycles. The van der Waals surface area contributed by atoms with Gasteiger partial charge in [0.1, 0.15) is 0 Å². The van der Waals surface area contributed by atoms with Crippen molar-refractivity contribution in [2.45, 2.75) is 58.0 Å². The van der Waals surface area contributed by atoms with Gasteiger partial charge in [-0.15, -0.1) is 0 Å². The van der Waals surface area contributed by atoms with E-state index in [1.165, 1.54) is 38.5 Å². The molecule has 0 bridgehead atoms. The Labute approximate surface area is 91.5 Å². The first-order valence-corrected chi connectivity index (χ1v) is 5.99. The molecule has 0 radical (unpaired) electrons. The van der Waals surface area contributed by atoms with Gasteiger partial charge in [0.2, 0.25) is 0 Å². The van der Waals surface area contributed by atoms with Gasteiger partial charge in [-0.25, -0.2) is 0 Å². The summed E-state index contributed by atoms with van der Waals surface area (Å²) < 4.78 is 0. The van der Waals surface area contributed by atoms with E-state index in [-0.39, 0.29) is 6.10 Å². The van der Waals surface area contributed by atoms with Crippen LogP contribution in [0.2, 0.25) is 0 Å². The van der Waals surface area contributed by atoms with Crippen LogP contribution in [-0.4, -0.2) is 22.3 Å². The number of hydrogen-bond acceptors (Lipinski definition) is 2. The third-order valence-corrected chi connectivity index (χ3v) is 3.54. The van der Waals surface area contributed by atoms with Crippen molar-refractivity contribution in [1.29, 1.82) is 0 Å². The molecule has 2 fully saturated rings. The van der Waals surface area contributed by atoms with Crippen molar-refractivity contribution in [3.63, 3.8) is 0 Å². The molecule has 0 spiro atoms. The zero-order valence-corrected chi connectivity index (χ0v) is 9.48. The summed E-state index contributed by atoms with van der Waals surface area (Å²) in [4.78, 5) is 9.00. The molecule has 0 aliphatic heterocycles. The molecule has 88 valence electrons. The molecule has 2 N–H and O–H groups in total. The molecule has 0 heterocycles. The fourth-order valence-corrected chi connectivity index (χ4v) is 2.90. The molecule has 2 aliphatic rings. The Morgan fingerprint density at radius 1 is 1.07 bits per heavy atom. The summed E-state index contributed by atoms with van der Waals surface area (Å²) in [6, 6.07) is 0. The molecule has 0 aromatic carbocycles. The van der Waals surface area contributed by atoms with Gasteiger partial charge in [-0.2, -0.15) is 0 Å². The van der Waals surface area contributed by atoms with Crippen LogP contribution in [0.4, 0.5) is 0 Å². The Morgan fingerprint density at radius 2 is 1.60 bits per heavy atom. The Balaban J connectivity index is 0.000000245. The molecule has 2 aliphatic carbocycles. The Hall–Kier alpha value is -0.570. The van der Waals surface area contributed by atoms with E-state index in [1.807, 2.05) is 0 Å². The van der Waals surface area contributed by atoms with Crippen LogP contribution >= 0.6 is 0 Å². The Morgan fingerprint density at radius 3 is 2.20 bits per heavy atom. The van der Waals surface area contributed by atoms with Crippen LogP contribution in [-0.2, 0) is 4.79 Å². The van der Waals surface area contributed by atoms with Gasteiger partial charge in [0.05, 0.1) is 6.10 Å². The molecule has 3 nitrogen and oxygen atoms in total. The van der Waals surface area contributed by atoms with E-state index < -0.39 is 5.97 Å². The zero-order chi connectivity index (χ0) is 11.3. The number of carbonyl (C=O) groups is 1. The first-order valence-electron chi connectivity index (χ1n) is 5.99. The lowest BCUT2D eigenvalue weighted by atomic mass is 9.69. The van der Waals surface area contributed by atoms with Gasteiger partial charge >= 0.3 is 0 Å². The van der Waals surface area contributed by atoms with E-state index in [1.54, 1.807) is 0 Å². The van der Waals surface area contributed by atoms with Crippen molar-refractivity contribution in [2.24, 2.45) is 11.8 Å². The highest BCUT2D eigenvalue weighted by atomic mass is 16.4. The number of aliphatic carboxylic acids is 1. The summed E-state index contributed by atoms with van der Waals surface area (Å²) in [7, 11) is 0. The van der Waals surface area contributed by atoms with Gasteiger partial charge in [-0.1, -0.05) is 25.7 Å². The first kappa shape index (κ1) is 12.5. The standard InChI is InChI=1S/C10H18O.C2H4O2/c11-10-7-3-5-8-4-1-2-6-9(8)10;1-2(3)4/h8-11H,1-7H2;1H3,(H,3,4). The SMILES string of the molecule is CC(=O)O.OC1CCCC2CCCCC12. The predicted octanol–water partition coefficient (Wildman–Crippen LogP) is 2.43. The average molecular weight is 214 g/mol. The van der Waals surface area contributed by atoms with E-state index in [4.69, 9.17) is 9.90 Å². The van der Waals surface area contributed by atoms with E-state index >= 15 is 0 Å². The van der Waals surface area contributed by atoms with Crippen molar-refractivity contribution in [2.75, 3.05) is 0 Å². The van der Waals surface area contributed by atoms with Crippen molar-refractivity contribution in [3.8, 4) is 0 Å². The highest BCUT2D eigenvalue weighted by Crippen LogP contribution is 2.40. The number of aliphatic hydroxyl groups excluding tert-OH is 1. The lowest BCUT2D eigenvalue weighted by Crippen LogP contribution is -2.34. The topological polar surface area (TPSA) is 57.5 Å². The summed E-state index contributed by atoms with van der Waals surface area (Å²) in [6.07, 6.45) is 9.24. The number of fused-ring (bicyclic) bond motifs is 1. The monoisotopic (exact) mass is 214 g/mol. The number of hydrogen-bond donors (Lipinski definition) is 2. The minimum atomic E-state index is -0.833. The lowest BCUT2D eigenvalue weighted by molar-refractivity contribution is -0.134. The van der Waals surface area contributed by atoms with Gasteiger partial charge in [0, 0.05) is 6.92 Å². The maximum absolute atomic E-state index is 9.70. The van der Waals surface area contributed by atoms with Gasteiger partial charge < -0.3 is 10.2 Å². The summed E-state index contributed by atoms with van der Waals surface area (Å²) in [5, 5.41) is 17.1. The molecule has 3 unspecified atom stereocenters. The minimum absolute atomic E-state index is 0.0500. The molecule has 3 atom stereocenters. The molecular formula is C12H22O3. The fraction of sp³-hybridized carbons (Fsp3) is 0.917. The van der Waals surface area contributed by atoms with Crippen LogP contribution in [0.1, 0.15) is 51.9 Å². The zero-order valence-electron chi connectivity index (χ0n) is 9.48. The predicted molar refractivity (Wildman–Crippen MR) is 58.6 cm³/mol. The molecule has 0 amide bonds. The molecule has 15 heavy (non-hydrogen) atoms. The maximum Gasteiger partial charge on any atom is 0.300 e. The van der Waals surface area contributed by atoms with Crippen LogP contribution < -0.4 is 0 Å². The highest BCUT2D eigenvalue weighted by molar-refractivity contribution is 5.62. The third-order valence-electron chi connectivity index (χ3n) is 3.54. The van der Waals surface area contributed by atoms with Crippen molar-refractivity contribution in [3.05, 3.63) is 0 Å². The number of carboxylic acid groups (broad SMARTS) is 1. The summed E-state index contributed by atoms with van der Waals surface area (Å²) >= 11 is 0. The average Bonchev–Trinajstić information content (AvgIpc) is 2.18. The smallest absolute Gasteiger partial charge is 0.300 e. The van der Waals surface area contributed by atoms with Gasteiger partial charge in [-0.05, 0) is 31.1 Å². The molecule has 0 aromatic rings. The van der Waals surface area contributed by atoms with E-state index in [0.717, 1.165) is 19.3 Å². The van der Waals surface area contributed by atoms with E-state index in [2.05, 4.69) is 0 Å². The molecule has 2 rings (SSSR count). The van der Waals surface area contributed by atoms with Crippen LogP contribution in [0, 0.1) is 11.8 Å². The van der Waals surface area contributed by atoms with Gasteiger partial charge in [0.15, 0.2) is 0 Å². The number of rotatable bonds is 0. The minimum Gasteiger partial charge on any atom is -0.481 e. The van der Waals surface area contributed by atoms with Crippen molar-refractivity contribution < 1.29 is 15.0 Å². The summed E-state index contributed by atoms with van der Waals surface area (Å²) in [6.45, 7) is 1.08. The fourth-order valence-electron chi connectivity index (χ4n) is 2.90. The lowest BCUT2D eigenvalue weighted by Gasteiger charge is -2.38. The van der Waals surface area contributed by atoms with Crippen molar-refractivity contribution in [1.82, 2.24) is 0 Å². The summed E-state index contributed by atoms with van der Waals surface area (Å²) in [5.74, 6) is 0.727. The Bertz CT molecular complexity index is 197. The van der Waals surface area contributed by atoms with Gasteiger partial charge in [-0.3, -0.25) is 4.79 Å². The largest absolute Gasteiger partial charge is 0.481 e. The second kappa shape index (κ2) is 6.11. The first-order chi connectivity index (χ1) is 7.11.